The van der Waals surface area contributed by atoms with Crippen molar-refractivity contribution in [3.05, 3.63) is 52.6 Å². The molecule has 1 saturated carbocycles. The summed E-state index contributed by atoms with van der Waals surface area (Å²) in [6.45, 7) is -2.85. The molecule has 0 bridgehead atoms. The number of ether oxygens (including phenoxy) is 1. The van der Waals surface area contributed by atoms with E-state index in [4.69, 9.17) is 8.89 Å². The van der Waals surface area contributed by atoms with Gasteiger partial charge in [-0.25, -0.2) is 28.5 Å². The number of aromatic nitrogens is 4. The van der Waals surface area contributed by atoms with E-state index in [-0.39, 0.29) is 39.0 Å². The molecule has 1 amide bonds. The predicted octanol–water partition coefficient (Wildman–Crippen LogP) is 4.53. The first-order valence-electron chi connectivity index (χ1n) is 13.5. The number of nitrogens with zero attached hydrogens (tertiary/aromatic N) is 4. The van der Waals surface area contributed by atoms with Gasteiger partial charge in [0.15, 0.2) is 0 Å². The summed E-state index contributed by atoms with van der Waals surface area (Å²) in [6.07, 6.45) is -1.95. The average Bonchev–Trinajstić information content (AvgIpc) is 3.46. The van der Waals surface area contributed by atoms with Crippen LogP contribution in [-0.4, -0.2) is 48.8 Å². The van der Waals surface area contributed by atoms with Gasteiger partial charge in [-0.2, -0.15) is 13.2 Å². The molecule has 4 aromatic rings. The molecule has 1 aliphatic rings. The summed E-state index contributed by atoms with van der Waals surface area (Å²) >= 11 is 0. The van der Waals surface area contributed by atoms with E-state index in [1.54, 1.807) is 0 Å². The molecule has 0 aliphatic heterocycles. The molecule has 3 heterocycles. The Balaban J connectivity index is 1.63. The maximum absolute atomic E-state index is 13.8. The first-order chi connectivity index (χ1) is 20.0. The van der Waals surface area contributed by atoms with Gasteiger partial charge >= 0.3 is 18.0 Å². The highest BCUT2D eigenvalue weighted by Crippen LogP contribution is 2.37. The number of aryl methyl sites for hydroxylation is 1. The summed E-state index contributed by atoms with van der Waals surface area (Å²) in [5.41, 5.74) is -2.24. The number of carbonyl (C=O) groups excluding carboxylic acids is 1. The number of benzene rings is 1. The van der Waals surface area contributed by atoms with Crippen LogP contribution in [0.3, 0.4) is 0 Å². The number of alkyl carbamates (subject to hydrolysis) is 1. The Morgan fingerprint density at radius 3 is 2.70 bits per heavy atom. The Hall–Kier alpha value is -4.14. The number of carbonyl (C=O) groups is 1. The molecule has 0 radical (unpaired) electrons. The number of halogens is 3. The van der Waals surface area contributed by atoms with Crippen molar-refractivity contribution in [1.82, 2.24) is 24.4 Å². The molecule has 1 unspecified atom stereocenters. The quantitative estimate of drug-likeness (QED) is 0.315. The SMILES string of the molecule is [2H]C([2H])([2H])n1c(=O)n([C@@H]2CC[C@@H](NC(=O)OC)C2)c2cc(Nc3cc(S(C)(=N)=O)c4cccc(C(F)(F)F)c4n3)ncc21. The second-order valence-electron chi connectivity index (χ2n) is 9.52. The second-order valence-corrected chi connectivity index (χ2v) is 11.6. The molecular formula is C25H26F3N7O4S. The molecule has 0 spiro atoms. The second kappa shape index (κ2) is 9.80. The standard InChI is InChI=1S/C25H26F3N7O4S/c1-34-18-12-30-20(10-17(18)35(24(34)37)14-8-7-13(9-14)31-23(36)39-2)32-21-11-19(40(3,29)38)15-5-4-6-16(22(15)33-21)25(26,27)28/h4-6,10-14,29H,7-9H2,1-3H3,(H,31,36)(H,30,32,33)/t13-,14-,40?/m1/s1/i1D3. The summed E-state index contributed by atoms with van der Waals surface area (Å²) in [7, 11) is -2.29. The summed E-state index contributed by atoms with van der Waals surface area (Å²) in [4.78, 5) is 33.2. The molecule has 1 aromatic carbocycles. The number of fused-ring (bicyclic) bond motifs is 2. The van der Waals surface area contributed by atoms with Gasteiger partial charge in [0.2, 0.25) is 0 Å². The first kappa shape index (κ1) is 23.7. The van der Waals surface area contributed by atoms with Gasteiger partial charge in [-0.1, -0.05) is 12.1 Å². The zero-order chi connectivity index (χ0) is 31.5. The van der Waals surface area contributed by atoms with Crippen LogP contribution in [0.2, 0.25) is 0 Å². The summed E-state index contributed by atoms with van der Waals surface area (Å²) in [6, 6.07) is 5.02. The lowest BCUT2D eigenvalue weighted by molar-refractivity contribution is -0.136. The average molecular weight is 581 g/mol. The van der Waals surface area contributed by atoms with Crippen LogP contribution in [0.25, 0.3) is 21.9 Å². The zero-order valence-electron chi connectivity index (χ0n) is 24.2. The van der Waals surface area contributed by atoms with Gasteiger partial charge in [0.1, 0.15) is 11.6 Å². The Bertz CT molecular complexity index is 1920. The third-order valence-corrected chi connectivity index (χ3v) is 8.00. The Morgan fingerprint density at radius 2 is 2.02 bits per heavy atom. The van der Waals surface area contributed by atoms with Crippen molar-refractivity contribution in [2.45, 2.75) is 42.4 Å². The lowest BCUT2D eigenvalue weighted by Crippen LogP contribution is -2.33. The lowest BCUT2D eigenvalue weighted by atomic mass is 10.1. The highest BCUT2D eigenvalue weighted by molar-refractivity contribution is 7.92. The van der Waals surface area contributed by atoms with E-state index in [1.165, 1.54) is 29.9 Å². The van der Waals surface area contributed by atoms with Crippen molar-refractivity contribution in [1.29, 1.82) is 4.78 Å². The van der Waals surface area contributed by atoms with Gasteiger partial charge in [0, 0.05) is 40.9 Å². The van der Waals surface area contributed by atoms with E-state index in [9.17, 15) is 27.0 Å². The number of anilines is 2. The molecular weight excluding hydrogens is 551 g/mol. The van der Waals surface area contributed by atoms with E-state index in [0.29, 0.717) is 23.8 Å². The Labute approximate surface area is 230 Å². The molecule has 11 nitrogen and oxygen atoms in total. The summed E-state index contributed by atoms with van der Waals surface area (Å²) < 4.78 is 92.7. The highest BCUT2D eigenvalue weighted by Gasteiger charge is 2.34. The number of rotatable bonds is 5. The van der Waals surface area contributed by atoms with E-state index < -0.39 is 51.8 Å². The topological polar surface area (TPSA) is 144 Å². The van der Waals surface area contributed by atoms with Crippen LogP contribution in [0.15, 0.2) is 46.2 Å². The number of para-hydroxylation sites is 1. The zero-order valence-corrected chi connectivity index (χ0v) is 22.0. The van der Waals surface area contributed by atoms with Crippen LogP contribution in [0.1, 0.15) is 35.0 Å². The number of hydrogen-bond donors (Lipinski definition) is 3. The molecule has 0 saturated heterocycles. The minimum atomic E-state index is -4.79. The van der Waals surface area contributed by atoms with Gasteiger partial charge in [0.25, 0.3) is 0 Å². The van der Waals surface area contributed by atoms with Crippen LogP contribution in [0.4, 0.5) is 29.6 Å². The molecule has 3 aromatic heterocycles. The van der Waals surface area contributed by atoms with Crippen molar-refractivity contribution in [2.75, 3.05) is 18.7 Å². The molecule has 40 heavy (non-hydrogen) atoms. The third-order valence-electron chi connectivity index (χ3n) is 6.82. The number of hydrogen-bond acceptors (Lipinski definition) is 8. The molecule has 3 N–H and O–H groups in total. The molecule has 212 valence electrons. The van der Waals surface area contributed by atoms with Crippen LogP contribution in [0.5, 0.6) is 0 Å². The number of amides is 1. The Kier molecular flexibility index (Phi) is 5.81. The van der Waals surface area contributed by atoms with Gasteiger partial charge < -0.3 is 15.4 Å². The van der Waals surface area contributed by atoms with E-state index in [0.717, 1.165) is 24.6 Å². The minimum absolute atomic E-state index is 0.000969. The molecule has 1 aliphatic carbocycles. The van der Waals surface area contributed by atoms with Crippen LogP contribution < -0.4 is 16.3 Å². The smallest absolute Gasteiger partial charge is 0.418 e. The normalized spacial score (nSPS) is 20.5. The minimum Gasteiger partial charge on any atom is -0.453 e. The van der Waals surface area contributed by atoms with Crippen molar-refractivity contribution < 1.29 is 31.0 Å². The third kappa shape index (κ3) is 4.96. The van der Waals surface area contributed by atoms with E-state index in [2.05, 4.69) is 25.3 Å². The monoisotopic (exact) mass is 580 g/mol. The van der Waals surface area contributed by atoms with Crippen molar-refractivity contribution in [3.8, 4) is 0 Å². The van der Waals surface area contributed by atoms with Crippen LogP contribution >= 0.6 is 0 Å². The molecule has 1 fully saturated rings. The van der Waals surface area contributed by atoms with Crippen molar-refractivity contribution in [3.63, 3.8) is 0 Å². The van der Waals surface area contributed by atoms with Crippen LogP contribution in [-0.2, 0) is 27.6 Å². The number of imidazole rings is 1. The number of alkyl halides is 3. The summed E-state index contributed by atoms with van der Waals surface area (Å²) in [5.74, 6) is -0.193. The van der Waals surface area contributed by atoms with Crippen molar-refractivity contribution >= 4 is 49.4 Å². The van der Waals surface area contributed by atoms with Crippen molar-refractivity contribution in [2.24, 2.45) is 6.98 Å². The fourth-order valence-electron chi connectivity index (χ4n) is 5.05. The first-order valence-corrected chi connectivity index (χ1v) is 14.0. The Morgan fingerprint density at radius 1 is 1.25 bits per heavy atom. The van der Waals surface area contributed by atoms with E-state index >= 15 is 0 Å². The van der Waals surface area contributed by atoms with Gasteiger partial charge in [-0.3, -0.25) is 9.13 Å². The largest absolute Gasteiger partial charge is 0.453 e. The number of pyridine rings is 2. The highest BCUT2D eigenvalue weighted by atomic mass is 32.2. The maximum Gasteiger partial charge on any atom is 0.418 e. The van der Waals surface area contributed by atoms with Gasteiger partial charge in [-0.15, -0.1) is 0 Å². The summed E-state index contributed by atoms with van der Waals surface area (Å²) in [5, 5.41) is 5.36. The maximum atomic E-state index is 13.8. The van der Waals surface area contributed by atoms with Gasteiger partial charge in [-0.05, 0) is 31.4 Å². The fraction of sp³-hybridized carbons (Fsp3) is 0.360. The van der Waals surface area contributed by atoms with Crippen LogP contribution in [0, 0.1) is 4.78 Å². The molecule has 15 heteroatoms. The lowest BCUT2D eigenvalue weighted by Gasteiger charge is -2.16. The molecule has 3 atom stereocenters. The fourth-order valence-corrected chi connectivity index (χ4v) is 5.97. The van der Waals surface area contributed by atoms with E-state index in [1.807, 2.05) is 0 Å². The number of nitrogens with one attached hydrogen (secondary N) is 3. The predicted molar refractivity (Wildman–Crippen MR) is 142 cm³/mol. The molecule has 5 rings (SSSR count). The number of methoxy groups -OCH3 is 1. The van der Waals surface area contributed by atoms with Gasteiger partial charge in [0.05, 0.1) is 50.0 Å².